The third-order valence-corrected chi connectivity index (χ3v) is 5.39. The molecule has 1 aliphatic carbocycles. The van der Waals surface area contributed by atoms with Crippen LogP contribution in [0.15, 0.2) is 0 Å². The van der Waals surface area contributed by atoms with Gasteiger partial charge in [0.1, 0.15) is 0 Å². The quantitative estimate of drug-likeness (QED) is 0.776. The Morgan fingerprint density at radius 3 is 2.11 bits per heavy atom. The first-order valence-electron chi connectivity index (χ1n) is 7.73. The molecular formula is C15H26N2O. The second-order valence-corrected chi connectivity index (χ2v) is 6.82. The number of fused-ring (bicyclic) bond motifs is 2. The first-order valence-corrected chi connectivity index (χ1v) is 7.73. The Balaban J connectivity index is 1.66. The maximum Gasteiger partial charge on any atom is 0.226 e. The van der Waals surface area contributed by atoms with Crippen LogP contribution in [0.1, 0.15) is 58.3 Å². The van der Waals surface area contributed by atoms with Crippen LogP contribution in [0.4, 0.5) is 0 Å². The molecule has 3 heteroatoms. The van der Waals surface area contributed by atoms with Crippen LogP contribution < -0.4 is 5.73 Å². The minimum Gasteiger partial charge on any atom is -0.336 e. The third kappa shape index (κ3) is 2.18. The van der Waals surface area contributed by atoms with E-state index in [4.69, 9.17) is 5.73 Å². The lowest BCUT2D eigenvalue weighted by Gasteiger charge is -2.40. The second-order valence-electron chi connectivity index (χ2n) is 6.82. The molecule has 0 radical (unpaired) electrons. The number of carbonyl (C=O) groups is 1. The van der Waals surface area contributed by atoms with Crippen molar-refractivity contribution in [3.05, 3.63) is 0 Å². The molecule has 2 saturated heterocycles. The zero-order chi connectivity index (χ0) is 12.7. The van der Waals surface area contributed by atoms with Crippen molar-refractivity contribution in [1.82, 2.24) is 4.90 Å². The Kier molecular flexibility index (Phi) is 3.35. The van der Waals surface area contributed by atoms with Gasteiger partial charge >= 0.3 is 0 Å². The Hall–Kier alpha value is -0.570. The topological polar surface area (TPSA) is 46.3 Å². The largest absolute Gasteiger partial charge is 0.336 e. The summed E-state index contributed by atoms with van der Waals surface area (Å²) >= 11 is 0. The van der Waals surface area contributed by atoms with Gasteiger partial charge in [0, 0.05) is 24.0 Å². The smallest absolute Gasteiger partial charge is 0.226 e. The van der Waals surface area contributed by atoms with Crippen molar-refractivity contribution >= 4 is 5.91 Å². The summed E-state index contributed by atoms with van der Waals surface area (Å²) in [5.74, 6) is 1.60. The van der Waals surface area contributed by atoms with Crippen molar-refractivity contribution in [2.75, 3.05) is 0 Å². The fourth-order valence-corrected chi connectivity index (χ4v) is 4.30. The van der Waals surface area contributed by atoms with E-state index in [1.54, 1.807) is 0 Å². The van der Waals surface area contributed by atoms with Crippen molar-refractivity contribution in [1.29, 1.82) is 0 Å². The molecule has 2 bridgehead atoms. The zero-order valence-corrected chi connectivity index (χ0v) is 11.5. The maximum absolute atomic E-state index is 12.7. The predicted molar refractivity (Wildman–Crippen MR) is 72.0 cm³/mol. The lowest BCUT2D eigenvalue weighted by atomic mass is 9.81. The molecule has 0 aromatic heterocycles. The molecule has 3 rings (SSSR count). The highest BCUT2D eigenvalue weighted by atomic mass is 16.2. The fourth-order valence-electron chi connectivity index (χ4n) is 4.30. The summed E-state index contributed by atoms with van der Waals surface area (Å²) in [6.45, 7) is 2.31. The van der Waals surface area contributed by atoms with Gasteiger partial charge in [-0.3, -0.25) is 4.79 Å². The number of hydrogen-bond donors (Lipinski definition) is 1. The van der Waals surface area contributed by atoms with E-state index in [0.717, 1.165) is 31.6 Å². The number of piperidine rings is 1. The monoisotopic (exact) mass is 250 g/mol. The lowest BCUT2D eigenvalue weighted by Crippen LogP contribution is -2.52. The van der Waals surface area contributed by atoms with Crippen molar-refractivity contribution < 1.29 is 4.79 Å². The molecule has 0 aromatic carbocycles. The average Bonchev–Trinajstić information content (AvgIpc) is 2.62. The molecule has 2 aliphatic heterocycles. The van der Waals surface area contributed by atoms with E-state index >= 15 is 0 Å². The summed E-state index contributed by atoms with van der Waals surface area (Å²) in [6.07, 6.45) is 9.14. The highest BCUT2D eigenvalue weighted by Crippen LogP contribution is 2.38. The first-order chi connectivity index (χ1) is 8.65. The minimum atomic E-state index is 0.318. The van der Waals surface area contributed by atoms with Gasteiger partial charge in [0.15, 0.2) is 0 Å². The van der Waals surface area contributed by atoms with Crippen molar-refractivity contribution in [2.24, 2.45) is 17.6 Å². The zero-order valence-electron chi connectivity index (χ0n) is 11.5. The summed E-state index contributed by atoms with van der Waals surface area (Å²) in [6, 6.07) is 1.26. The molecule has 1 amide bonds. The molecule has 18 heavy (non-hydrogen) atoms. The van der Waals surface area contributed by atoms with E-state index in [2.05, 4.69) is 11.8 Å². The predicted octanol–water partition coefficient (Wildman–Crippen LogP) is 2.29. The van der Waals surface area contributed by atoms with E-state index in [1.807, 2.05) is 0 Å². The number of nitrogens with two attached hydrogens (primary N) is 1. The number of carbonyl (C=O) groups excluding carboxylic acids is 1. The Morgan fingerprint density at radius 2 is 1.56 bits per heavy atom. The lowest BCUT2D eigenvalue weighted by molar-refractivity contribution is -0.141. The molecule has 0 aromatic rings. The van der Waals surface area contributed by atoms with Gasteiger partial charge in [0.2, 0.25) is 5.91 Å². The average molecular weight is 250 g/mol. The van der Waals surface area contributed by atoms with Gasteiger partial charge in [0.05, 0.1) is 0 Å². The fraction of sp³-hybridized carbons (Fsp3) is 0.933. The Morgan fingerprint density at radius 1 is 1.00 bits per heavy atom. The van der Waals surface area contributed by atoms with Crippen LogP contribution in [0.25, 0.3) is 0 Å². The Labute approximate surface area is 110 Å². The molecule has 1 saturated carbocycles. The van der Waals surface area contributed by atoms with Crippen LogP contribution in [0.2, 0.25) is 0 Å². The summed E-state index contributed by atoms with van der Waals surface area (Å²) in [7, 11) is 0. The molecule has 0 spiro atoms. The molecule has 2 atom stereocenters. The van der Waals surface area contributed by atoms with Gasteiger partial charge < -0.3 is 10.6 Å². The van der Waals surface area contributed by atoms with E-state index in [9.17, 15) is 4.79 Å². The van der Waals surface area contributed by atoms with Gasteiger partial charge in [-0.15, -0.1) is 0 Å². The highest BCUT2D eigenvalue weighted by Gasteiger charge is 2.44. The maximum atomic E-state index is 12.7. The van der Waals surface area contributed by atoms with Crippen LogP contribution in [0.5, 0.6) is 0 Å². The summed E-state index contributed by atoms with van der Waals surface area (Å²) in [4.78, 5) is 15.0. The molecule has 2 N–H and O–H groups in total. The van der Waals surface area contributed by atoms with Gasteiger partial charge in [-0.25, -0.2) is 0 Å². The normalized spacial score (nSPS) is 44.1. The molecule has 2 unspecified atom stereocenters. The van der Waals surface area contributed by atoms with E-state index in [0.29, 0.717) is 30.0 Å². The number of nitrogens with zero attached hydrogens (tertiary/aromatic N) is 1. The first kappa shape index (κ1) is 12.5. The van der Waals surface area contributed by atoms with Crippen LogP contribution in [-0.2, 0) is 4.79 Å². The molecule has 2 heterocycles. The third-order valence-electron chi connectivity index (χ3n) is 5.39. The van der Waals surface area contributed by atoms with E-state index in [1.165, 1.54) is 25.7 Å². The van der Waals surface area contributed by atoms with E-state index < -0.39 is 0 Å². The van der Waals surface area contributed by atoms with Crippen molar-refractivity contribution in [3.63, 3.8) is 0 Å². The number of amides is 1. The SMILES string of the molecule is CC1CCC(C(=O)N2C3CCC2CC(N)C3)CC1. The highest BCUT2D eigenvalue weighted by molar-refractivity contribution is 5.80. The van der Waals surface area contributed by atoms with Crippen molar-refractivity contribution in [3.8, 4) is 0 Å². The molecule has 3 nitrogen and oxygen atoms in total. The van der Waals surface area contributed by atoms with Gasteiger partial charge in [0.25, 0.3) is 0 Å². The van der Waals surface area contributed by atoms with Gasteiger partial charge in [-0.1, -0.05) is 6.92 Å². The minimum absolute atomic E-state index is 0.318. The van der Waals surface area contributed by atoms with Crippen LogP contribution in [-0.4, -0.2) is 28.9 Å². The summed E-state index contributed by atoms with van der Waals surface area (Å²) in [5, 5.41) is 0. The molecule has 3 aliphatic rings. The van der Waals surface area contributed by atoms with Crippen LogP contribution in [0.3, 0.4) is 0 Å². The van der Waals surface area contributed by atoms with Gasteiger partial charge in [-0.2, -0.15) is 0 Å². The summed E-state index contributed by atoms with van der Waals surface area (Å²) < 4.78 is 0. The number of rotatable bonds is 1. The second kappa shape index (κ2) is 4.84. The summed E-state index contributed by atoms with van der Waals surface area (Å²) in [5.41, 5.74) is 6.08. The standard InChI is InChI=1S/C15H26N2O/c1-10-2-4-11(5-3-10)15(18)17-13-6-7-14(17)9-12(16)8-13/h10-14H,2-9,16H2,1H3. The van der Waals surface area contributed by atoms with Crippen LogP contribution >= 0.6 is 0 Å². The van der Waals surface area contributed by atoms with Crippen molar-refractivity contribution in [2.45, 2.75) is 76.4 Å². The molecule has 3 fully saturated rings. The van der Waals surface area contributed by atoms with Crippen LogP contribution in [0, 0.1) is 11.8 Å². The number of hydrogen-bond acceptors (Lipinski definition) is 2. The molecule has 102 valence electrons. The molecular weight excluding hydrogens is 224 g/mol. The van der Waals surface area contributed by atoms with Gasteiger partial charge in [-0.05, 0) is 57.3 Å². The Bertz CT molecular complexity index is 308. The van der Waals surface area contributed by atoms with E-state index in [-0.39, 0.29) is 0 Å².